The molecule has 0 aliphatic heterocycles. The fourth-order valence-electron chi connectivity index (χ4n) is 2.45. The molecule has 0 bridgehead atoms. The van der Waals surface area contributed by atoms with E-state index in [9.17, 15) is 4.79 Å². The van der Waals surface area contributed by atoms with Gasteiger partial charge in [-0.1, -0.05) is 11.3 Å². The van der Waals surface area contributed by atoms with Crippen LogP contribution in [-0.2, 0) is 0 Å². The van der Waals surface area contributed by atoms with Gasteiger partial charge in [0.2, 0.25) is 0 Å². The lowest BCUT2D eigenvalue weighted by Crippen LogP contribution is -2.40. The van der Waals surface area contributed by atoms with Crippen LogP contribution >= 0.6 is 11.3 Å². The maximum Gasteiger partial charge on any atom is 0.186 e. The van der Waals surface area contributed by atoms with Crippen LogP contribution in [0.25, 0.3) is 0 Å². The van der Waals surface area contributed by atoms with Gasteiger partial charge in [-0.15, -0.1) is 0 Å². The number of anilines is 1. The molecule has 1 saturated carbocycles. The van der Waals surface area contributed by atoms with E-state index >= 15 is 0 Å². The number of carbonyl (C=O) groups is 1. The van der Waals surface area contributed by atoms with Crippen LogP contribution in [0.1, 0.15) is 48.0 Å². The zero-order valence-electron chi connectivity index (χ0n) is 12.2. The molecule has 1 fully saturated rings. The summed E-state index contributed by atoms with van der Waals surface area (Å²) >= 11 is 1.54. The van der Waals surface area contributed by atoms with E-state index in [1.807, 2.05) is 0 Å². The van der Waals surface area contributed by atoms with E-state index < -0.39 is 0 Å². The molecule has 5 heteroatoms. The Morgan fingerprint density at radius 3 is 2.63 bits per heavy atom. The second-order valence-corrected chi connectivity index (χ2v) is 6.54. The molecule has 0 N–H and O–H groups in total. The van der Waals surface area contributed by atoms with E-state index in [2.05, 4.69) is 37.7 Å². The Bertz CT molecular complexity index is 440. The van der Waals surface area contributed by atoms with Crippen molar-refractivity contribution in [2.24, 2.45) is 0 Å². The first-order chi connectivity index (χ1) is 9.06. The monoisotopic (exact) mass is 281 g/mol. The molecule has 1 aliphatic carbocycles. The average Bonchev–Trinajstić information content (AvgIpc) is 3.10. The summed E-state index contributed by atoms with van der Waals surface area (Å²) < 4.78 is 0. The van der Waals surface area contributed by atoms with Crippen LogP contribution < -0.4 is 4.90 Å². The number of thiazole rings is 1. The molecule has 1 heterocycles. The van der Waals surface area contributed by atoms with Gasteiger partial charge >= 0.3 is 0 Å². The first-order valence-electron chi connectivity index (χ1n) is 6.94. The van der Waals surface area contributed by atoms with Gasteiger partial charge in [0.15, 0.2) is 11.4 Å². The largest absolute Gasteiger partial charge is 0.344 e. The van der Waals surface area contributed by atoms with Crippen molar-refractivity contribution in [1.29, 1.82) is 0 Å². The minimum absolute atomic E-state index is 0.401. The van der Waals surface area contributed by atoms with Gasteiger partial charge in [0, 0.05) is 25.0 Å². The van der Waals surface area contributed by atoms with Gasteiger partial charge in [-0.05, 0) is 40.8 Å². The van der Waals surface area contributed by atoms with Gasteiger partial charge in [0.25, 0.3) is 0 Å². The van der Waals surface area contributed by atoms with Crippen LogP contribution in [0.4, 0.5) is 5.13 Å². The number of aromatic nitrogens is 1. The predicted molar refractivity (Wildman–Crippen MR) is 80.5 cm³/mol. The lowest BCUT2D eigenvalue weighted by Gasteiger charge is -2.29. The smallest absolute Gasteiger partial charge is 0.186 e. The third-order valence-corrected chi connectivity index (χ3v) is 4.52. The van der Waals surface area contributed by atoms with E-state index in [1.54, 1.807) is 11.3 Å². The topological polar surface area (TPSA) is 36.4 Å². The van der Waals surface area contributed by atoms with Gasteiger partial charge in [0.1, 0.15) is 0 Å². The molecule has 1 aliphatic rings. The number of nitrogens with zero attached hydrogens (tertiary/aromatic N) is 3. The van der Waals surface area contributed by atoms with Crippen molar-refractivity contribution >= 4 is 22.8 Å². The van der Waals surface area contributed by atoms with Crippen LogP contribution in [0, 0.1) is 0 Å². The fraction of sp³-hybridized carbons (Fsp3) is 0.714. The molecular weight excluding hydrogens is 258 g/mol. The van der Waals surface area contributed by atoms with Crippen LogP contribution in [0.5, 0.6) is 0 Å². The summed E-state index contributed by atoms with van der Waals surface area (Å²) in [6.45, 7) is 6.26. The van der Waals surface area contributed by atoms with E-state index in [4.69, 9.17) is 4.98 Å². The molecule has 4 nitrogen and oxygen atoms in total. The molecule has 0 aromatic carbocycles. The summed E-state index contributed by atoms with van der Waals surface area (Å²) in [5.74, 6) is 0.535. The Labute approximate surface area is 119 Å². The van der Waals surface area contributed by atoms with E-state index in [1.165, 1.54) is 12.8 Å². The van der Waals surface area contributed by atoms with Crippen molar-refractivity contribution < 1.29 is 4.79 Å². The SMILES string of the molecule is CCN(c1nc(C2CC2)c(C=O)s1)C(C)CN(C)C. The van der Waals surface area contributed by atoms with Crippen molar-refractivity contribution in [3.63, 3.8) is 0 Å². The van der Waals surface area contributed by atoms with Crippen molar-refractivity contribution in [2.75, 3.05) is 32.1 Å². The Balaban J connectivity index is 2.20. The quantitative estimate of drug-likeness (QED) is 0.720. The summed E-state index contributed by atoms with van der Waals surface area (Å²) in [5.41, 5.74) is 1.03. The number of likely N-dealkylation sites (N-methyl/N-ethyl adjacent to an activating group) is 2. The number of hydrogen-bond donors (Lipinski definition) is 0. The highest BCUT2D eigenvalue weighted by Gasteiger charge is 2.31. The minimum Gasteiger partial charge on any atom is -0.344 e. The lowest BCUT2D eigenvalue weighted by molar-refractivity contribution is 0.112. The molecule has 1 aromatic heterocycles. The van der Waals surface area contributed by atoms with Crippen molar-refractivity contribution in [2.45, 2.75) is 38.6 Å². The molecule has 2 rings (SSSR count). The van der Waals surface area contributed by atoms with Gasteiger partial charge in [-0.2, -0.15) is 0 Å². The van der Waals surface area contributed by atoms with Gasteiger partial charge in [-0.25, -0.2) is 4.98 Å². The normalized spacial score (nSPS) is 16.7. The highest BCUT2D eigenvalue weighted by atomic mass is 32.1. The van der Waals surface area contributed by atoms with Gasteiger partial charge in [0.05, 0.1) is 10.6 Å². The van der Waals surface area contributed by atoms with Gasteiger partial charge < -0.3 is 9.80 Å². The van der Waals surface area contributed by atoms with Crippen molar-refractivity contribution in [3.05, 3.63) is 10.6 Å². The lowest BCUT2D eigenvalue weighted by atomic mass is 10.2. The average molecular weight is 281 g/mol. The van der Waals surface area contributed by atoms with Crippen molar-refractivity contribution in [3.8, 4) is 0 Å². The maximum absolute atomic E-state index is 11.2. The molecule has 1 atom stereocenters. The molecule has 0 saturated heterocycles. The summed E-state index contributed by atoms with van der Waals surface area (Å²) in [5, 5.41) is 1.00. The molecule has 0 spiro atoms. The van der Waals surface area contributed by atoms with E-state index in [0.29, 0.717) is 12.0 Å². The minimum atomic E-state index is 0.401. The number of rotatable bonds is 7. The standard InChI is InChI=1S/C14H23N3OS/c1-5-17(10(2)8-16(3)4)14-15-13(11-6-7-11)12(9-18)19-14/h9-11H,5-8H2,1-4H3. The number of aldehydes is 1. The van der Waals surface area contributed by atoms with E-state index in [0.717, 1.165) is 35.1 Å². The first kappa shape index (κ1) is 14.5. The van der Waals surface area contributed by atoms with Gasteiger partial charge in [-0.3, -0.25) is 4.79 Å². The third-order valence-electron chi connectivity index (χ3n) is 3.49. The van der Waals surface area contributed by atoms with Crippen LogP contribution in [-0.4, -0.2) is 49.4 Å². The Morgan fingerprint density at radius 2 is 2.16 bits per heavy atom. The number of carbonyl (C=O) groups excluding carboxylic acids is 1. The molecule has 1 unspecified atom stereocenters. The first-order valence-corrected chi connectivity index (χ1v) is 7.75. The van der Waals surface area contributed by atoms with Crippen LogP contribution in [0.2, 0.25) is 0 Å². The highest BCUT2D eigenvalue weighted by Crippen LogP contribution is 2.43. The second-order valence-electron chi connectivity index (χ2n) is 5.54. The molecule has 0 amide bonds. The summed E-state index contributed by atoms with van der Waals surface area (Å²) in [4.78, 5) is 21.2. The molecule has 106 valence electrons. The predicted octanol–water partition coefficient (Wildman–Crippen LogP) is 2.61. The second kappa shape index (κ2) is 6.01. The molecular formula is C14H23N3OS. The third kappa shape index (κ3) is 3.34. The zero-order valence-corrected chi connectivity index (χ0v) is 13.0. The Kier molecular flexibility index (Phi) is 4.58. The molecule has 19 heavy (non-hydrogen) atoms. The van der Waals surface area contributed by atoms with Crippen LogP contribution in [0.15, 0.2) is 0 Å². The van der Waals surface area contributed by atoms with Crippen LogP contribution in [0.3, 0.4) is 0 Å². The van der Waals surface area contributed by atoms with Crippen molar-refractivity contribution in [1.82, 2.24) is 9.88 Å². The number of hydrogen-bond acceptors (Lipinski definition) is 5. The zero-order chi connectivity index (χ0) is 14.0. The fourth-order valence-corrected chi connectivity index (χ4v) is 3.58. The molecule has 0 radical (unpaired) electrons. The summed E-state index contributed by atoms with van der Waals surface area (Å²) in [6, 6.07) is 0.401. The molecule has 1 aromatic rings. The van der Waals surface area contributed by atoms with E-state index in [-0.39, 0.29) is 0 Å². The summed E-state index contributed by atoms with van der Waals surface area (Å²) in [6.07, 6.45) is 3.34. The maximum atomic E-state index is 11.2. The summed E-state index contributed by atoms with van der Waals surface area (Å²) in [7, 11) is 4.16. The Morgan fingerprint density at radius 1 is 1.47 bits per heavy atom. The Hall–Kier alpha value is -0.940. The highest BCUT2D eigenvalue weighted by molar-refractivity contribution is 7.17.